The second-order valence-electron chi connectivity index (χ2n) is 3.91. The lowest BCUT2D eigenvalue weighted by atomic mass is 9.98. The van der Waals surface area contributed by atoms with Crippen molar-refractivity contribution in [3.63, 3.8) is 0 Å². The Labute approximate surface area is 81.3 Å². The summed E-state index contributed by atoms with van der Waals surface area (Å²) in [5.74, 6) is 0.571. The molecule has 0 aliphatic carbocycles. The lowest BCUT2D eigenvalue weighted by molar-refractivity contribution is 0.724. The van der Waals surface area contributed by atoms with Crippen molar-refractivity contribution in [2.24, 2.45) is 5.92 Å². The minimum atomic E-state index is 0.571. The molecular weight excluding hydrogens is 156 g/mol. The number of rotatable bonds is 3. The number of benzene rings is 1. The number of aryl methyl sites for hydroxylation is 2. The van der Waals surface area contributed by atoms with E-state index in [9.17, 15) is 0 Å². The lowest BCUT2D eigenvalue weighted by Crippen LogP contribution is -1.96. The standard InChI is InChI=1S/C13H18/c1-5-10(2)7-13-8-11(3)6-12(4)9-13/h5-6,8-10H,1,7H2,2-4H3. The van der Waals surface area contributed by atoms with Crippen molar-refractivity contribution in [2.45, 2.75) is 27.2 Å². The van der Waals surface area contributed by atoms with Crippen molar-refractivity contribution < 1.29 is 0 Å². The molecule has 0 fully saturated rings. The van der Waals surface area contributed by atoms with Crippen LogP contribution in [-0.2, 0) is 6.42 Å². The molecule has 0 bridgehead atoms. The second kappa shape index (κ2) is 4.27. The van der Waals surface area contributed by atoms with Crippen LogP contribution in [0.25, 0.3) is 0 Å². The van der Waals surface area contributed by atoms with Gasteiger partial charge in [0.1, 0.15) is 0 Å². The average Bonchev–Trinajstić information content (AvgIpc) is 2.02. The van der Waals surface area contributed by atoms with Gasteiger partial charge in [-0.1, -0.05) is 42.3 Å². The van der Waals surface area contributed by atoms with Crippen molar-refractivity contribution in [1.82, 2.24) is 0 Å². The van der Waals surface area contributed by atoms with Gasteiger partial charge in [-0.05, 0) is 31.7 Å². The summed E-state index contributed by atoms with van der Waals surface area (Å²) >= 11 is 0. The minimum Gasteiger partial charge on any atom is -0.103 e. The van der Waals surface area contributed by atoms with Crippen LogP contribution < -0.4 is 0 Å². The van der Waals surface area contributed by atoms with Crippen LogP contribution in [0.3, 0.4) is 0 Å². The van der Waals surface area contributed by atoms with E-state index in [0.717, 1.165) is 6.42 Å². The van der Waals surface area contributed by atoms with Crippen LogP contribution in [-0.4, -0.2) is 0 Å². The van der Waals surface area contributed by atoms with Crippen LogP contribution in [0.1, 0.15) is 23.6 Å². The molecule has 1 unspecified atom stereocenters. The Hall–Kier alpha value is -1.04. The van der Waals surface area contributed by atoms with E-state index in [2.05, 4.69) is 45.5 Å². The van der Waals surface area contributed by atoms with Gasteiger partial charge in [-0.15, -0.1) is 6.58 Å². The average molecular weight is 174 g/mol. The largest absolute Gasteiger partial charge is 0.103 e. The molecule has 1 aromatic rings. The summed E-state index contributed by atoms with van der Waals surface area (Å²) in [6.45, 7) is 10.3. The summed E-state index contributed by atoms with van der Waals surface area (Å²) in [6.07, 6.45) is 3.11. The van der Waals surface area contributed by atoms with Crippen molar-refractivity contribution in [1.29, 1.82) is 0 Å². The molecular formula is C13H18. The van der Waals surface area contributed by atoms with Gasteiger partial charge in [-0.3, -0.25) is 0 Å². The van der Waals surface area contributed by atoms with E-state index in [1.807, 2.05) is 6.08 Å². The molecule has 0 aliphatic rings. The SMILES string of the molecule is C=CC(C)Cc1cc(C)cc(C)c1. The number of allylic oxidation sites excluding steroid dienone is 1. The molecule has 1 aromatic carbocycles. The van der Waals surface area contributed by atoms with Crippen LogP contribution >= 0.6 is 0 Å². The predicted octanol–water partition coefficient (Wildman–Crippen LogP) is 3.67. The number of hydrogen-bond donors (Lipinski definition) is 0. The zero-order valence-corrected chi connectivity index (χ0v) is 8.80. The van der Waals surface area contributed by atoms with Crippen LogP contribution in [0.2, 0.25) is 0 Å². The monoisotopic (exact) mass is 174 g/mol. The highest BCUT2D eigenvalue weighted by atomic mass is 14.1. The molecule has 0 aromatic heterocycles. The van der Waals surface area contributed by atoms with Crippen LogP contribution in [0.4, 0.5) is 0 Å². The third-order valence-electron chi connectivity index (χ3n) is 2.24. The molecule has 0 saturated carbocycles. The molecule has 0 heterocycles. The van der Waals surface area contributed by atoms with Gasteiger partial charge in [-0.2, -0.15) is 0 Å². The first kappa shape index (κ1) is 10.0. The first-order valence-corrected chi connectivity index (χ1v) is 4.81. The molecule has 0 N–H and O–H groups in total. The van der Waals surface area contributed by atoms with E-state index in [1.54, 1.807) is 0 Å². The Bertz CT molecular complexity index is 277. The fourth-order valence-electron chi connectivity index (χ4n) is 1.64. The molecule has 0 amide bonds. The maximum Gasteiger partial charge on any atom is -0.0218 e. The molecule has 0 heteroatoms. The molecule has 70 valence electrons. The first-order chi connectivity index (χ1) is 6.11. The lowest BCUT2D eigenvalue weighted by Gasteiger charge is -2.07. The molecule has 0 saturated heterocycles. The van der Waals surface area contributed by atoms with E-state index in [4.69, 9.17) is 0 Å². The highest BCUT2D eigenvalue weighted by Crippen LogP contribution is 2.13. The van der Waals surface area contributed by atoms with Crippen molar-refractivity contribution in [2.75, 3.05) is 0 Å². The predicted molar refractivity (Wildman–Crippen MR) is 59.0 cm³/mol. The molecule has 1 atom stereocenters. The Morgan fingerprint density at radius 2 is 1.77 bits per heavy atom. The Morgan fingerprint density at radius 3 is 2.23 bits per heavy atom. The summed E-state index contributed by atoms with van der Waals surface area (Å²) in [5.41, 5.74) is 4.13. The summed E-state index contributed by atoms with van der Waals surface area (Å²) in [4.78, 5) is 0. The fraction of sp³-hybridized carbons (Fsp3) is 0.385. The summed E-state index contributed by atoms with van der Waals surface area (Å²) in [5, 5.41) is 0. The zero-order chi connectivity index (χ0) is 9.84. The van der Waals surface area contributed by atoms with E-state index in [0.29, 0.717) is 5.92 Å². The molecule has 13 heavy (non-hydrogen) atoms. The maximum absolute atomic E-state index is 3.80. The van der Waals surface area contributed by atoms with Gasteiger partial charge in [0.2, 0.25) is 0 Å². The molecule has 1 rings (SSSR count). The number of hydrogen-bond acceptors (Lipinski definition) is 0. The van der Waals surface area contributed by atoms with E-state index in [-0.39, 0.29) is 0 Å². The third-order valence-corrected chi connectivity index (χ3v) is 2.24. The van der Waals surface area contributed by atoms with Crippen molar-refractivity contribution in [3.05, 3.63) is 47.5 Å². The van der Waals surface area contributed by atoms with Gasteiger partial charge in [0.25, 0.3) is 0 Å². The molecule has 0 radical (unpaired) electrons. The van der Waals surface area contributed by atoms with Gasteiger partial charge in [0.05, 0.1) is 0 Å². The van der Waals surface area contributed by atoms with Crippen LogP contribution in [0.15, 0.2) is 30.9 Å². The van der Waals surface area contributed by atoms with E-state index in [1.165, 1.54) is 16.7 Å². The van der Waals surface area contributed by atoms with Gasteiger partial charge in [0, 0.05) is 0 Å². The Kier molecular flexibility index (Phi) is 3.30. The Morgan fingerprint density at radius 1 is 1.23 bits per heavy atom. The van der Waals surface area contributed by atoms with Gasteiger partial charge in [0.15, 0.2) is 0 Å². The molecule has 0 aliphatic heterocycles. The minimum absolute atomic E-state index is 0.571. The summed E-state index contributed by atoms with van der Waals surface area (Å²) < 4.78 is 0. The van der Waals surface area contributed by atoms with E-state index >= 15 is 0 Å². The van der Waals surface area contributed by atoms with Gasteiger partial charge >= 0.3 is 0 Å². The smallest absolute Gasteiger partial charge is 0.0218 e. The van der Waals surface area contributed by atoms with Gasteiger partial charge < -0.3 is 0 Å². The highest BCUT2D eigenvalue weighted by molar-refractivity contribution is 5.29. The first-order valence-electron chi connectivity index (χ1n) is 4.81. The molecule has 0 spiro atoms. The maximum atomic E-state index is 3.80. The summed E-state index contributed by atoms with van der Waals surface area (Å²) in [6, 6.07) is 6.72. The van der Waals surface area contributed by atoms with Crippen LogP contribution in [0, 0.1) is 19.8 Å². The van der Waals surface area contributed by atoms with Crippen molar-refractivity contribution in [3.8, 4) is 0 Å². The topological polar surface area (TPSA) is 0 Å². The van der Waals surface area contributed by atoms with Crippen molar-refractivity contribution >= 4 is 0 Å². The quantitative estimate of drug-likeness (QED) is 0.613. The Balaban J connectivity index is 2.82. The zero-order valence-electron chi connectivity index (χ0n) is 8.80. The van der Waals surface area contributed by atoms with E-state index < -0.39 is 0 Å². The second-order valence-corrected chi connectivity index (χ2v) is 3.91. The summed E-state index contributed by atoms with van der Waals surface area (Å²) in [7, 11) is 0. The van der Waals surface area contributed by atoms with Gasteiger partial charge in [-0.25, -0.2) is 0 Å². The highest BCUT2D eigenvalue weighted by Gasteiger charge is 2.00. The van der Waals surface area contributed by atoms with Crippen LogP contribution in [0.5, 0.6) is 0 Å². The fourth-order valence-corrected chi connectivity index (χ4v) is 1.64. The normalized spacial score (nSPS) is 12.5. The third kappa shape index (κ3) is 3.06. The molecule has 0 nitrogen and oxygen atoms in total.